The van der Waals surface area contributed by atoms with Gasteiger partial charge in [0.2, 0.25) is 10.0 Å². The molecule has 1 atom stereocenters. The lowest BCUT2D eigenvalue weighted by Crippen LogP contribution is -2.42. The van der Waals surface area contributed by atoms with Crippen LogP contribution in [0.4, 0.5) is 0 Å². The van der Waals surface area contributed by atoms with Crippen molar-refractivity contribution >= 4 is 22.0 Å². The highest BCUT2D eigenvalue weighted by molar-refractivity contribution is 7.89. The molecule has 0 amide bonds. The molecule has 1 aromatic carbocycles. The Labute approximate surface area is 146 Å². The zero-order valence-corrected chi connectivity index (χ0v) is 14.9. The molecule has 1 unspecified atom stereocenters. The summed E-state index contributed by atoms with van der Waals surface area (Å²) in [4.78, 5) is 22.8. The normalized spacial score (nSPS) is 18.6. The maximum absolute atomic E-state index is 13.0. The van der Waals surface area contributed by atoms with Gasteiger partial charge in [0.05, 0.1) is 31.5 Å². The van der Waals surface area contributed by atoms with Gasteiger partial charge in [-0.05, 0) is 36.6 Å². The van der Waals surface area contributed by atoms with E-state index < -0.39 is 27.9 Å². The Kier molecular flexibility index (Phi) is 6.02. The Balaban J connectivity index is 2.40. The highest BCUT2D eigenvalue weighted by Gasteiger charge is 2.34. The Bertz CT molecular complexity index is 760. The van der Waals surface area contributed by atoms with Crippen LogP contribution in [0.15, 0.2) is 23.1 Å². The lowest BCUT2D eigenvalue weighted by atomic mass is 10.0. The van der Waals surface area contributed by atoms with Gasteiger partial charge in [-0.15, -0.1) is 0 Å². The summed E-state index contributed by atoms with van der Waals surface area (Å²) in [6, 6.07) is 4.34. The molecule has 1 aliphatic heterocycles. The van der Waals surface area contributed by atoms with E-state index in [1.54, 1.807) is 0 Å². The van der Waals surface area contributed by atoms with E-state index in [-0.39, 0.29) is 30.0 Å². The first kappa shape index (κ1) is 19.2. The molecule has 0 bridgehead atoms. The third-order valence-electron chi connectivity index (χ3n) is 4.18. The van der Waals surface area contributed by atoms with Crippen molar-refractivity contribution in [2.45, 2.75) is 24.2 Å². The number of aliphatic carboxylic acids is 1. The number of methoxy groups -OCH3 is 2. The number of nitrogens with zero attached hydrogens (tertiary/aromatic N) is 1. The lowest BCUT2D eigenvalue weighted by molar-refractivity contribution is -0.143. The number of hydrogen-bond acceptors (Lipinski definition) is 6. The standard InChI is InChI=1S/C16H21NO7S/c1-23-13-5-6-14(12(8-13)9-15(18)24-2)25(21,22)17-7-3-4-11(10-17)16(19)20/h5-6,8,11H,3-4,7,9-10H2,1-2H3,(H,19,20). The average Bonchev–Trinajstić information content (AvgIpc) is 2.61. The molecule has 0 spiro atoms. The number of rotatable bonds is 6. The quantitative estimate of drug-likeness (QED) is 0.740. The molecule has 0 aromatic heterocycles. The van der Waals surface area contributed by atoms with Gasteiger partial charge in [-0.2, -0.15) is 4.31 Å². The Hall–Kier alpha value is -2.13. The SMILES string of the molecule is COC(=O)Cc1cc(OC)ccc1S(=O)(=O)N1CCCC(C(=O)O)C1. The maximum atomic E-state index is 13.0. The van der Waals surface area contributed by atoms with E-state index in [0.717, 1.165) is 4.31 Å². The highest BCUT2D eigenvalue weighted by atomic mass is 32.2. The van der Waals surface area contributed by atoms with Gasteiger partial charge in [0.1, 0.15) is 5.75 Å². The molecule has 2 rings (SSSR count). The summed E-state index contributed by atoms with van der Waals surface area (Å²) < 4.78 is 36.9. The van der Waals surface area contributed by atoms with Crippen LogP contribution in [0.1, 0.15) is 18.4 Å². The number of carbonyl (C=O) groups is 2. The lowest BCUT2D eigenvalue weighted by Gasteiger charge is -2.30. The van der Waals surface area contributed by atoms with Crippen LogP contribution < -0.4 is 4.74 Å². The molecule has 25 heavy (non-hydrogen) atoms. The van der Waals surface area contributed by atoms with Crippen LogP contribution in [-0.4, -0.2) is 57.1 Å². The molecule has 0 aliphatic carbocycles. The third kappa shape index (κ3) is 4.29. The predicted molar refractivity (Wildman–Crippen MR) is 87.8 cm³/mol. The van der Waals surface area contributed by atoms with E-state index >= 15 is 0 Å². The van der Waals surface area contributed by atoms with Crippen molar-refractivity contribution in [1.82, 2.24) is 4.31 Å². The van der Waals surface area contributed by atoms with Crippen LogP contribution in [0.3, 0.4) is 0 Å². The smallest absolute Gasteiger partial charge is 0.310 e. The van der Waals surface area contributed by atoms with E-state index in [1.807, 2.05) is 0 Å². The van der Waals surface area contributed by atoms with Crippen molar-refractivity contribution in [1.29, 1.82) is 0 Å². The van der Waals surface area contributed by atoms with E-state index in [1.165, 1.54) is 32.4 Å². The summed E-state index contributed by atoms with van der Waals surface area (Å²) >= 11 is 0. The molecular formula is C16H21NO7S. The minimum Gasteiger partial charge on any atom is -0.497 e. The second kappa shape index (κ2) is 7.83. The van der Waals surface area contributed by atoms with Gasteiger partial charge in [0, 0.05) is 13.1 Å². The van der Waals surface area contributed by atoms with E-state index in [0.29, 0.717) is 18.6 Å². The molecule has 1 fully saturated rings. The summed E-state index contributed by atoms with van der Waals surface area (Å²) in [6.07, 6.45) is 0.691. The molecule has 9 heteroatoms. The molecule has 1 heterocycles. The maximum Gasteiger partial charge on any atom is 0.310 e. The summed E-state index contributed by atoms with van der Waals surface area (Å²) in [5.74, 6) is -1.90. The topological polar surface area (TPSA) is 110 Å². The number of ether oxygens (including phenoxy) is 2. The number of carboxylic acid groups (broad SMARTS) is 1. The van der Waals surface area contributed by atoms with Gasteiger partial charge >= 0.3 is 11.9 Å². The van der Waals surface area contributed by atoms with Crippen molar-refractivity contribution < 1.29 is 32.6 Å². The van der Waals surface area contributed by atoms with E-state index in [9.17, 15) is 18.0 Å². The van der Waals surface area contributed by atoms with Gasteiger partial charge in [-0.3, -0.25) is 9.59 Å². The van der Waals surface area contributed by atoms with Crippen LogP contribution in [-0.2, 0) is 30.8 Å². The van der Waals surface area contributed by atoms with Crippen molar-refractivity contribution in [2.24, 2.45) is 5.92 Å². The molecule has 8 nitrogen and oxygen atoms in total. The molecule has 1 saturated heterocycles. The van der Waals surface area contributed by atoms with Crippen LogP contribution in [0, 0.1) is 5.92 Å². The Morgan fingerprint density at radius 1 is 1.32 bits per heavy atom. The fourth-order valence-corrected chi connectivity index (χ4v) is 4.53. The number of benzene rings is 1. The van der Waals surface area contributed by atoms with Gasteiger partial charge in [-0.1, -0.05) is 0 Å². The summed E-state index contributed by atoms with van der Waals surface area (Å²) in [5.41, 5.74) is 0.253. The van der Waals surface area contributed by atoms with Gasteiger partial charge in [-0.25, -0.2) is 8.42 Å². The van der Waals surface area contributed by atoms with Crippen LogP contribution in [0.5, 0.6) is 5.75 Å². The second-order valence-electron chi connectivity index (χ2n) is 5.77. The number of carbonyl (C=O) groups excluding carboxylic acids is 1. The van der Waals surface area contributed by atoms with E-state index in [4.69, 9.17) is 9.84 Å². The molecule has 0 saturated carbocycles. The largest absolute Gasteiger partial charge is 0.497 e. The fraction of sp³-hybridized carbons (Fsp3) is 0.500. The van der Waals surface area contributed by atoms with Crippen molar-refractivity contribution in [3.05, 3.63) is 23.8 Å². The van der Waals surface area contributed by atoms with Gasteiger partial charge in [0.15, 0.2) is 0 Å². The number of hydrogen-bond donors (Lipinski definition) is 1. The van der Waals surface area contributed by atoms with Crippen molar-refractivity contribution in [2.75, 3.05) is 27.3 Å². The molecule has 1 aliphatic rings. The summed E-state index contributed by atoms with van der Waals surface area (Å²) in [5, 5.41) is 9.17. The first-order chi connectivity index (χ1) is 11.8. The van der Waals surface area contributed by atoms with Crippen LogP contribution in [0.2, 0.25) is 0 Å². The summed E-state index contributed by atoms with van der Waals surface area (Å²) in [6.45, 7) is 0.164. The van der Waals surface area contributed by atoms with E-state index in [2.05, 4.69) is 4.74 Å². The zero-order chi connectivity index (χ0) is 18.6. The third-order valence-corrected chi connectivity index (χ3v) is 6.15. The molecule has 0 radical (unpaired) electrons. The second-order valence-corrected chi connectivity index (χ2v) is 7.67. The minimum absolute atomic E-state index is 0.0373. The van der Waals surface area contributed by atoms with Gasteiger partial charge < -0.3 is 14.6 Å². The van der Waals surface area contributed by atoms with Crippen LogP contribution >= 0.6 is 0 Å². The first-order valence-electron chi connectivity index (χ1n) is 7.76. The van der Waals surface area contributed by atoms with Crippen molar-refractivity contribution in [3.63, 3.8) is 0 Å². The van der Waals surface area contributed by atoms with Crippen molar-refractivity contribution in [3.8, 4) is 5.75 Å². The fourth-order valence-electron chi connectivity index (χ4n) is 2.80. The number of piperidine rings is 1. The van der Waals surface area contributed by atoms with Crippen LogP contribution in [0.25, 0.3) is 0 Å². The predicted octanol–water partition coefficient (Wildman–Crippen LogP) is 0.896. The highest BCUT2D eigenvalue weighted by Crippen LogP contribution is 2.28. The summed E-state index contributed by atoms with van der Waals surface area (Å²) in [7, 11) is -1.27. The monoisotopic (exact) mass is 371 g/mol. The molecule has 1 aromatic rings. The first-order valence-corrected chi connectivity index (χ1v) is 9.20. The average molecular weight is 371 g/mol. The van der Waals surface area contributed by atoms with Gasteiger partial charge in [0.25, 0.3) is 0 Å². The molecule has 1 N–H and O–H groups in total. The zero-order valence-electron chi connectivity index (χ0n) is 14.1. The molecular weight excluding hydrogens is 350 g/mol. The number of carboxylic acids is 1. The molecule has 138 valence electrons. The Morgan fingerprint density at radius 2 is 2.04 bits per heavy atom. The number of sulfonamides is 1. The number of esters is 1. The Morgan fingerprint density at radius 3 is 2.64 bits per heavy atom. The minimum atomic E-state index is -3.93.